The van der Waals surface area contributed by atoms with Crippen molar-refractivity contribution in [3.63, 3.8) is 0 Å². The second-order valence-corrected chi connectivity index (χ2v) is 7.60. The molecule has 0 spiro atoms. The molecule has 0 amide bonds. The van der Waals surface area contributed by atoms with Gasteiger partial charge in [-0.15, -0.1) is 0 Å². The molecule has 0 unspecified atom stereocenters. The van der Waals surface area contributed by atoms with Crippen molar-refractivity contribution in [2.75, 3.05) is 37.3 Å². The molecule has 0 aromatic carbocycles. The van der Waals surface area contributed by atoms with Gasteiger partial charge in [0.2, 0.25) is 0 Å². The van der Waals surface area contributed by atoms with Gasteiger partial charge in [-0.1, -0.05) is 11.6 Å². The number of aromatic nitrogens is 2. The zero-order valence-electron chi connectivity index (χ0n) is 12.8. The van der Waals surface area contributed by atoms with E-state index in [0.29, 0.717) is 35.2 Å². The summed E-state index contributed by atoms with van der Waals surface area (Å²) in [6.07, 6.45) is 1.95. The second-order valence-electron chi connectivity index (χ2n) is 5.31. The maximum atomic E-state index is 12.5. The predicted octanol–water partition coefficient (Wildman–Crippen LogP) is 2.15. The lowest BCUT2D eigenvalue weighted by molar-refractivity contribution is -0.0496. The van der Waals surface area contributed by atoms with Gasteiger partial charge in [0.25, 0.3) is 0 Å². The smallest absolute Gasteiger partial charge is 0.383 e. The Morgan fingerprint density at radius 3 is 2.50 bits per heavy atom. The first-order chi connectivity index (χ1) is 11.2. The Kier molecular flexibility index (Phi) is 5.76. The lowest BCUT2D eigenvalue weighted by Crippen LogP contribution is -2.45. The number of nitrogens with zero attached hydrogens (tertiary/aromatic N) is 3. The van der Waals surface area contributed by atoms with Gasteiger partial charge in [0, 0.05) is 26.7 Å². The van der Waals surface area contributed by atoms with E-state index in [1.54, 1.807) is 7.05 Å². The van der Waals surface area contributed by atoms with Crippen LogP contribution in [0.4, 0.5) is 24.7 Å². The Bertz CT molecular complexity index is 678. The molecule has 2 rings (SSSR count). The Morgan fingerprint density at radius 2 is 1.96 bits per heavy atom. The summed E-state index contributed by atoms with van der Waals surface area (Å²) >= 11 is 5.93. The monoisotopic (exact) mass is 387 g/mol. The van der Waals surface area contributed by atoms with Gasteiger partial charge in [-0.05, 0) is 18.8 Å². The van der Waals surface area contributed by atoms with Gasteiger partial charge in [-0.25, -0.2) is 18.4 Å². The van der Waals surface area contributed by atoms with Crippen LogP contribution >= 0.6 is 11.6 Å². The fourth-order valence-corrected chi connectivity index (χ4v) is 3.67. The van der Waals surface area contributed by atoms with Gasteiger partial charge in [-0.3, -0.25) is 0 Å². The summed E-state index contributed by atoms with van der Waals surface area (Å²) in [7, 11) is -3.58. The summed E-state index contributed by atoms with van der Waals surface area (Å²) in [5.74, 6) is 0.519. The van der Waals surface area contributed by atoms with Crippen LogP contribution in [-0.4, -0.2) is 54.9 Å². The molecule has 24 heavy (non-hydrogen) atoms. The third-order valence-corrected chi connectivity index (χ3v) is 5.73. The highest BCUT2D eigenvalue weighted by atomic mass is 35.5. The molecule has 1 aromatic heterocycles. The molecule has 0 radical (unpaired) electrons. The molecule has 1 fully saturated rings. The summed E-state index contributed by atoms with van der Waals surface area (Å²) in [5, 5.41) is 6.18. The van der Waals surface area contributed by atoms with Crippen LogP contribution in [0.2, 0.25) is 5.15 Å². The Hall–Kier alpha value is -1.33. The number of alkyl halides is 3. The van der Waals surface area contributed by atoms with Crippen LogP contribution in [0.5, 0.6) is 0 Å². The van der Waals surface area contributed by atoms with E-state index in [1.165, 1.54) is 6.33 Å². The molecule has 2 heterocycles. The zero-order chi connectivity index (χ0) is 18.0. The van der Waals surface area contributed by atoms with E-state index in [0.717, 1.165) is 0 Å². The number of sulfonamides is 1. The Balaban J connectivity index is 1.92. The molecular formula is C12H17ClF3N5O2S. The average molecular weight is 388 g/mol. The average Bonchev–Trinajstić information content (AvgIpc) is 2.52. The maximum Gasteiger partial charge on any atom is 0.511 e. The minimum Gasteiger partial charge on any atom is -0.383 e. The van der Waals surface area contributed by atoms with E-state index < -0.39 is 15.5 Å². The molecular weight excluding hydrogens is 371 g/mol. The van der Waals surface area contributed by atoms with Crippen LogP contribution in [0.25, 0.3) is 0 Å². The summed E-state index contributed by atoms with van der Waals surface area (Å²) in [5.41, 5.74) is -4.73. The third kappa shape index (κ3) is 4.01. The predicted molar refractivity (Wildman–Crippen MR) is 84.4 cm³/mol. The second kappa shape index (κ2) is 7.28. The fraction of sp³-hybridized carbons (Fsp3) is 0.667. The minimum absolute atomic E-state index is 0.0307. The van der Waals surface area contributed by atoms with Crippen molar-refractivity contribution in [1.29, 1.82) is 0 Å². The molecule has 0 aliphatic carbocycles. The van der Waals surface area contributed by atoms with Crippen LogP contribution in [0.15, 0.2) is 6.33 Å². The molecule has 7 nitrogen and oxygen atoms in total. The number of rotatable bonds is 5. The van der Waals surface area contributed by atoms with Crippen molar-refractivity contribution in [1.82, 2.24) is 14.3 Å². The van der Waals surface area contributed by atoms with Crippen LogP contribution in [0.3, 0.4) is 0 Å². The van der Waals surface area contributed by atoms with E-state index >= 15 is 0 Å². The van der Waals surface area contributed by atoms with Gasteiger partial charge in [-0.2, -0.15) is 17.5 Å². The largest absolute Gasteiger partial charge is 0.511 e. The van der Waals surface area contributed by atoms with Gasteiger partial charge < -0.3 is 10.6 Å². The lowest BCUT2D eigenvalue weighted by Gasteiger charge is -2.31. The highest BCUT2D eigenvalue weighted by Gasteiger charge is 2.50. The van der Waals surface area contributed by atoms with Crippen LogP contribution in [0.1, 0.15) is 12.8 Å². The Labute approximate surface area is 142 Å². The molecule has 1 aliphatic rings. The molecule has 1 saturated heterocycles. The van der Waals surface area contributed by atoms with E-state index in [9.17, 15) is 21.6 Å². The van der Waals surface area contributed by atoms with E-state index in [2.05, 4.69) is 20.6 Å². The van der Waals surface area contributed by atoms with Crippen LogP contribution < -0.4 is 10.6 Å². The standard InChI is InChI=1S/C12H17ClF3N5O2S/c1-17-9-10(13)19-7-20-11(9)18-6-8-2-4-21(5-3-8)24(22,23)12(14,15)16/h7-8,17H,2-6H2,1H3,(H,18,19,20). The van der Waals surface area contributed by atoms with E-state index in [4.69, 9.17) is 11.6 Å². The van der Waals surface area contributed by atoms with Gasteiger partial charge >= 0.3 is 15.5 Å². The first kappa shape index (κ1) is 19.0. The molecule has 0 saturated carbocycles. The minimum atomic E-state index is -5.25. The van der Waals surface area contributed by atoms with E-state index in [-0.39, 0.29) is 24.2 Å². The van der Waals surface area contributed by atoms with Gasteiger partial charge in [0.05, 0.1) is 0 Å². The van der Waals surface area contributed by atoms with Crippen molar-refractivity contribution in [2.45, 2.75) is 18.3 Å². The maximum absolute atomic E-state index is 12.5. The first-order valence-electron chi connectivity index (χ1n) is 7.15. The molecule has 0 bridgehead atoms. The molecule has 1 aliphatic heterocycles. The normalized spacial score (nSPS) is 17.7. The third-order valence-electron chi connectivity index (χ3n) is 3.82. The summed E-state index contributed by atoms with van der Waals surface area (Å²) < 4.78 is 60.8. The quantitative estimate of drug-likeness (QED) is 0.753. The lowest BCUT2D eigenvalue weighted by atomic mass is 9.98. The number of halogens is 4. The number of hydrogen-bond donors (Lipinski definition) is 2. The van der Waals surface area contributed by atoms with Crippen molar-refractivity contribution in [3.8, 4) is 0 Å². The highest BCUT2D eigenvalue weighted by molar-refractivity contribution is 7.90. The number of anilines is 2. The molecule has 2 N–H and O–H groups in total. The molecule has 1 aromatic rings. The fourth-order valence-electron chi connectivity index (χ4n) is 2.46. The van der Waals surface area contributed by atoms with Crippen molar-refractivity contribution in [2.24, 2.45) is 5.92 Å². The first-order valence-corrected chi connectivity index (χ1v) is 8.97. The van der Waals surface area contributed by atoms with Crippen molar-refractivity contribution in [3.05, 3.63) is 11.5 Å². The molecule has 136 valence electrons. The number of nitrogens with one attached hydrogen (secondary N) is 2. The topological polar surface area (TPSA) is 87.2 Å². The zero-order valence-corrected chi connectivity index (χ0v) is 14.3. The van der Waals surface area contributed by atoms with Crippen LogP contribution in [-0.2, 0) is 10.0 Å². The van der Waals surface area contributed by atoms with Gasteiger partial charge in [0.1, 0.15) is 12.0 Å². The highest BCUT2D eigenvalue weighted by Crippen LogP contribution is 2.31. The number of piperidine rings is 1. The summed E-state index contributed by atoms with van der Waals surface area (Å²) in [6, 6.07) is 0. The molecule has 0 atom stereocenters. The van der Waals surface area contributed by atoms with Crippen molar-refractivity contribution >= 4 is 33.1 Å². The summed E-state index contributed by atoms with van der Waals surface area (Å²) in [6.45, 7) is 0.136. The SMILES string of the molecule is CNc1c(Cl)ncnc1NCC1CCN(S(=O)(=O)C(F)(F)F)CC1. The van der Waals surface area contributed by atoms with Crippen LogP contribution in [0, 0.1) is 5.92 Å². The van der Waals surface area contributed by atoms with Gasteiger partial charge in [0.15, 0.2) is 11.0 Å². The molecule has 12 heteroatoms. The van der Waals surface area contributed by atoms with Crippen molar-refractivity contribution < 1.29 is 21.6 Å². The Morgan fingerprint density at radius 1 is 1.33 bits per heavy atom. The summed E-state index contributed by atoms with van der Waals surface area (Å²) in [4.78, 5) is 7.89. The van der Waals surface area contributed by atoms with E-state index in [1.807, 2.05) is 0 Å². The number of hydrogen-bond acceptors (Lipinski definition) is 6.